The van der Waals surface area contributed by atoms with Gasteiger partial charge in [0, 0.05) is 32.3 Å². The Morgan fingerprint density at radius 2 is 1.86 bits per heavy atom. The predicted octanol–water partition coefficient (Wildman–Crippen LogP) is 4.70. The molecular weight excluding hydrogens is 650 g/mol. The van der Waals surface area contributed by atoms with Crippen molar-refractivity contribution in [1.29, 1.82) is 0 Å². The quantitative estimate of drug-likeness (QED) is 0.163. The van der Waals surface area contributed by atoms with Gasteiger partial charge in [-0.15, -0.1) is 6.58 Å². The van der Waals surface area contributed by atoms with Crippen LogP contribution in [0.1, 0.15) is 45.4 Å². The molecule has 1 aromatic carbocycles. The van der Waals surface area contributed by atoms with Crippen LogP contribution in [0.15, 0.2) is 84.3 Å². The predicted molar refractivity (Wildman–Crippen MR) is 186 cm³/mol. The summed E-state index contributed by atoms with van der Waals surface area (Å²) in [5.74, 6) is -0.615. The summed E-state index contributed by atoms with van der Waals surface area (Å²) in [4.78, 5) is 11.3. The fourth-order valence-electron chi connectivity index (χ4n) is 7.07. The molecule has 3 aliphatic rings. The van der Waals surface area contributed by atoms with Crippen molar-refractivity contribution in [3.8, 4) is 0 Å². The fraction of sp³-hybridized carbons (Fsp3) is 0.595. The van der Waals surface area contributed by atoms with E-state index in [1.165, 1.54) is 7.11 Å². The van der Waals surface area contributed by atoms with Crippen LogP contribution in [0.2, 0.25) is 0 Å². The number of rotatable bonds is 18. The zero-order valence-corrected chi connectivity index (χ0v) is 29.5. The Balaban J connectivity index is 1.44. The van der Waals surface area contributed by atoms with Crippen LogP contribution in [-0.4, -0.2) is 101 Å². The SMILES string of the molecule is C=CCOC/C=C/[C@H]1CC(=C)[C@H](CC[C@H]2C[C@@H](C)C(=C)[C@@H](C[C@@H]3O[C@H](C[C@H](O)COC(N)=O)[C@H](OC)[C@H]3CS(=O)(=O)c3ccccc3)O2)O1. The molecule has 0 aliphatic carbocycles. The normalized spacial score (nSPS) is 31.3. The monoisotopic (exact) mass is 703 g/mol. The van der Waals surface area contributed by atoms with Gasteiger partial charge in [0.25, 0.3) is 0 Å². The molecule has 1 aromatic rings. The summed E-state index contributed by atoms with van der Waals surface area (Å²) in [6.07, 6.45) is 4.72. The standard InChI is InChI=1S/C37H53NO10S/c1-6-16-44-17-10-11-28-19-25(3)32(46-28)15-14-29-18-24(2)26(4)33(47-29)21-34-31(23-49(41,42)30-12-8-7-9-13-30)36(43-5)35(48-34)20-27(39)22-45-37(38)40/h6-13,24,27-29,31-36,39H,1,3-4,14-23H2,2,5H3,(H2,38,40)/b11-10+/t24-,27+,28+,29+,31+,32+,33-,34+,35-,36-/m1/s1. The van der Waals surface area contributed by atoms with Gasteiger partial charge < -0.3 is 39.3 Å². The lowest BCUT2D eigenvalue weighted by Gasteiger charge is -2.38. The molecule has 49 heavy (non-hydrogen) atoms. The van der Waals surface area contributed by atoms with Gasteiger partial charge in [0.2, 0.25) is 0 Å². The number of benzene rings is 1. The number of aliphatic hydroxyl groups excluding tert-OH is 1. The highest BCUT2D eigenvalue weighted by molar-refractivity contribution is 7.91. The first-order valence-corrected chi connectivity index (χ1v) is 18.7. The third-order valence-corrected chi connectivity index (χ3v) is 11.4. The Hall–Kier alpha value is -2.84. The summed E-state index contributed by atoms with van der Waals surface area (Å²) in [7, 11) is -2.21. The van der Waals surface area contributed by atoms with Crippen molar-refractivity contribution in [3.63, 3.8) is 0 Å². The van der Waals surface area contributed by atoms with Crippen molar-refractivity contribution in [3.05, 3.63) is 79.4 Å². The minimum Gasteiger partial charge on any atom is -0.447 e. The van der Waals surface area contributed by atoms with Gasteiger partial charge in [-0.3, -0.25) is 0 Å². The smallest absolute Gasteiger partial charge is 0.404 e. The van der Waals surface area contributed by atoms with Gasteiger partial charge in [0.1, 0.15) is 6.61 Å². The first-order valence-electron chi connectivity index (χ1n) is 17.0. The molecule has 0 radical (unpaired) electrons. The highest BCUT2D eigenvalue weighted by atomic mass is 32.2. The summed E-state index contributed by atoms with van der Waals surface area (Å²) in [5, 5.41) is 10.6. The Kier molecular flexibility index (Phi) is 14.6. The van der Waals surface area contributed by atoms with Crippen molar-refractivity contribution in [2.45, 2.75) is 99.2 Å². The number of sulfone groups is 1. The minimum atomic E-state index is -3.72. The number of ether oxygens (including phenoxy) is 6. The van der Waals surface area contributed by atoms with E-state index in [-0.39, 0.29) is 54.0 Å². The molecule has 11 nitrogen and oxygen atoms in total. The molecular formula is C37H53NO10S. The Labute approximate surface area is 291 Å². The fourth-order valence-corrected chi connectivity index (χ4v) is 8.74. The van der Waals surface area contributed by atoms with Gasteiger partial charge in [-0.25, -0.2) is 13.2 Å². The molecule has 3 N–H and O–H groups in total. The van der Waals surface area contributed by atoms with E-state index in [9.17, 15) is 18.3 Å². The maximum absolute atomic E-state index is 13.6. The number of hydrogen-bond acceptors (Lipinski definition) is 10. The summed E-state index contributed by atoms with van der Waals surface area (Å²) >= 11 is 0. The van der Waals surface area contributed by atoms with Gasteiger partial charge in [-0.2, -0.15) is 0 Å². The summed E-state index contributed by atoms with van der Waals surface area (Å²) in [6.45, 7) is 15.1. The second kappa shape index (κ2) is 18.4. The zero-order valence-electron chi connectivity index (χ0n) is 28.7. The molecule has 3 aliphatic heterocycles. The van der Waals surface area contributed by atoms with Crippen LogP contribution in [0.5, 0.6) is 0 Å². The molecule has 3 saturated heterocycles. The Morgan fingerprint density at radius 3 is 2.55 bits per heavy atom. The van der Waals surface area contributed by atoms with Crippen LogP contribution in [0, 0.1) is 11.8 Å². The first kappa shape index (κ1) is 39.0. The van der Waals surface area contributed by atoms with Crippen molar-refractivity contribution < 1.29 is 46.7 Å². The van der Waals surface area contributed by atoms with E-state index >= 15 is 0 Å². The largest absolute Gasteiger partial charge is 0.447 e. The second-order valence-electron chi connectivity index (χ2n) is 13.2. The Bertz CT molecular complexity index is 1400. The third kappa shape index (κ3) is 11.1. The summed E-state index contributed by atoms with van der Waals surface area (Å²) in [6, 6.07) is 8.28. The maximum Gasteiger partial charge on any atom is 0.404 e. The molecule has 3 heterocycles. The second-order valence-corrected chi connectivity index (χ2v) is 15.3. The van der Waals surface area contributed by atoms with Gasteiger partial charge in [-0.05, 0) is 48.5 Å². The van der Waals surface area contributed by atoms with E-state index in [1.807, 2.05) is 12.2 Å². The van der Waals surface area contributed by atoms with Gasteiger partial charge in [0.05, 0.1) is 72.7 Å². The van der Waals surface area contributed by atoms with Crippen molar-refractivity contribution >= 4 is 15.9 Å². The van der Waals surface area contributed by atoms with E-state index in [4.69, 9.17) is 34.2 Å². The van der Waals surface area contributed by atoms with E-state index in [0.717, 1.165) is 36.8 Å². The molecule has 0 bridgehead atoms. The molecule has 1 amide bonds. The molecule has 12 heteroatoms. The van der Waals surface area contributed by atoms with Crippen molar-refractivity contribution in [2.75, 3.05) is 32.7 Å². The lowest BCUT2D eigenvalue weighted by atomic mass is 9.83. The number of aliphatic hydroxyl groups is 1. The number of primary amides is 1. The topological polar surface area (TPSA) is 153 Å². The molecule has 10 atom stereocenters. The average molecular weight is 704 g/mol. The lowest BCUT2D eigenvalue weighted by Crippen LogP contribution is -2.40. The van der Waals surface area contributed by atoms with E-state index in [1.54, 1.807) is 36.4 Å². The van der Waals surface area contributed by atoms with Crippen LogP contribution in [0.25, 0.3) is 0 Å². The number of methoxy groups -OCH3 is 1. The van der Waals surface area contributed by atoms with Crippen molar-refractivity contribution in [1.82, 2.24) is 0 Å². The Morgan fingerprint density at radius 1 is 1.10 bits per heavy atom. The number of carbonyl (C=O) groups is 1. The highest BCUT2D eigenvalue weighted by Gasteiger charge is 2.49. The minimum absolute atomic E-state index is 0.0327. The van der Waals surface area contributed by atoms with E-state index in [2.05, 4.69) is 26.7 Å². The van der Waals surface area contributed by atoms with Crippen LogP contribution < -0.4 is 5.73 Å². The summed E-state index contributed by atoms with van der Waals surface area (Å²) in [5.41, 5.74) is 7.07. The van der Waals surface area contributed by atoms with Crippen LogP contribution in [-0.2, 0) is 38.3 Å². The van der Waals surface area contributed by atoms with E-state index < -0.39 is 46.3 Å². The molecule has 0 aromatic heterocycles. The van der Waals surface area contributed by atoms with Crippen molar-refractivity contribution in [2.24, 2.45) is 17.6 Å². The molecule has 4 rings (SSSR count). The molecule has 3 fully saturated rings. The van der Waals surface area contributed by atoms with Crippen LogP contribution in [0.4, 0.5) is 4.79 Å². The average Bonchev–Trinajstić information content (AvgIpc) is 3.58. The summed E-state index contributed by atoms with van der Waals surface area (Å²) < 4.78 is 62.7. The molecule has 0 unspecified atom stereocenters. The number of carbonyl (C=O) groups excluding carboxylic acids is 1. The van der Waals surface area contributed by atoms with Crippen LogP contribution >= 0.6 is 0 Å². The van der Waals surface area contributed by atoms with Gasteiger partial charge in [0.15, 0.2) is 9.84 Å². The third-order valence-electron chi connectivity index (χ3n) is 9.60. The van der Waals surface area contributed by atoms with Crippen LogP contribution in [0.3, 0.4) is 0 Å². The number of hydrogen-bond donors (Lipinski definition) is 2. The lowest BCUT2D eigenvalue weighted by molar-refractivity contribution is -0.0787. The van der Waals surface area contributed by atoms with Gasteiger partial charge >= 0.3 is 6.09 Å². The van der Waals surface area contributed by atoms with Gasteiger partial charge in [-0.1, -0.05) is 56.5 Å². The maximum atomic E-state index is 13.6. The molecule has 0 spiro atoms. The number of amides is 1. The van der Waals surface area contributed by atoms with E-state index in [0.29, 0.717) is 19.6 Å². The molecule has 272 valence electrons. The highest BCUT2D eigenvalue weighted by Crippen LogP contribution is 2.41. The number of nitrogens with two attached hydrogens (primary N) is 1. The zero-order chi connectivity index (χ0) is 35.6. The first-order chi connectivity index (χ1) is 23.4. The molecule has 0 saturated carbocycles.